The third-order valence-corrected chi connectivity index (χ3v) is 2.30. The highest BCUT2D eigenvalue weighted by atomic mass is 79.9. The predicted octanol–water partition coefficient (Wildman–Crippen LogP) is 2.68. The molecule has 1 rings (SSSR count). The lowest BCUT2D eigenvalue weighted by Gasteiger charge is -2.15. The molecule has 1 N–H and O–H groups in total. The van der Waals surface area contributed by atoms with Crippen LogP contribution in [0.4, 0.5) is 0 Å². The van der Waals surface area contributed by atoms with Gasteiger partial charge in [0.05, 0.1) is 11.7 Å². The van der Waals surface area contributed by atoms with Gasteiger partial charge >= 0.3 is 0 Å². The quantitative estimate of drug-likeness (QED) is 0.823. The number of nitrogens with one attached hydrogen (secondary N) is 1. The molecule has 0 bridgehead atoms. The summed E-state index contributed by atoms with van der Waals surface area (Å²) in [6.45, 7) is 5.90. The van der Waals surface area contributed by atoms with E-state index in [1.165, 1.54) is 0 Å². The van der Waals surface area contributed by atoms with Gasteiger partial charge < -0.3 is 5.32 Å². The van der Waals surface area contributed by atoms with Crippen LogP contribution in [-0.4, -0.2) is 12.0 Å². The highest BCUT2D eigenvalue weighted by molar-refractivity contribution is 9.10. The number of hydrogen-bond donors (Lipinski definition) is 1. The van der Waals surface area contributed by atoms with Crippen LogP contribution in [-0.2, 0) is 0 Å². The summed E-state index contributed by atoms with van der Waals surface area (Å²) in [4.78, 5) is 4.30. The summed E-state index contributed by atoms with van der Waals surface area (Å²) >= 11 is 3.35. The Morgan fingerprint density at radius 1 is 1.62 bits per heavy atom. The first-order chi connectivity index (χ1) is 6.15. The molecule has 0 spiro atoms. The average Bonchev–Trinajstić information content (AvgIpc) is 2.09. The second-order valence-corrected chi connectivity index (χ2v) is 3.88. The van der Waals surface area contributed by atoms with Crippen LogP contribution in [0, 0.1) is 0 Å². The molecule has 0 aliphatic rings. The largest absolute Gasteiger partial charge is 0.308 e. The molecule has 70 valence electrons. The maximum atomic E-state index is 4.30. The predicted molar refractivity (Wildman–Crippen MR) is 58.6 cm³/mol. The van der Waals surface area contributed by atoms with Crippen LogP contribution in [0.15, 0.2) is 35.0 Å². The van der Waals surface area contributed by atoms with E-state index in [1.807, 2.05) is 26.1 Å². The molecule has 1 aromatic rings. The number of rotatable bonds is 3. The second-order valence-electron chi connectivity index (χ2n) is 2.97. The first-order valence-corrected chi connectivity index (χ1v) is 4.88. The molecule has 0 aromatic carbocycles. The van der Waals surface area contributed by atoms with Gasteiger partial charge in [-0.3, -0.25) is 4.98 Å². The molecule has 0 saturated carbocycles. The molecule has 0 aliphatic carbocycles. The fourth-order valence-electron chi connectivity index (χ4n) is 1.20. The first kappa shape index (κ1) is 10.4. The molecule has 3 heteroatoms. The molecule has 1 unspecified atom stereocenters. The lowest BCUT2D eigenvalue weighted by molar-refractivity contribution is 0.659. The average molecular weight is 241 g/mol. The third kappa shape index (κ3) is 2.64. The smallest absolute Gasteiger partial charge is 0.0703 e. The Labute approximate surface area is 87.2 Å². The zero-order valence-electron chi connectivity index (χ0n) is 7.84. The Bertz CT molecular complexity index is 292. The van der Waals surface area contributed by atoms with Crippen molar-refractivity contribution >= 4 is 15.9 Å². The summed E-state index contributed by atoms with van der Waals surface area (Å²) < 4.78 is 0.993. The highest BCUT2D eigenvalue weighted by Gasteiger charge is 2.09. The fraction of sp³-hybridized carbons (Fsp3) is 0.300. The molecule has 0 fully saturated rings. The Balaban J connectivity index is 2.92. The van der Waals surface area contributed by atoms with Crippen molar-refractivity contribution in [1.29, 1.82) is 0 Å². The monoisotopic (exact) mass is 240 g/mol. The minimum absolute atomic E-state index is 0.146. The molecule has 0 radical (unpaired) electrons. The number of hydrogen-bond acceptors (Lipinski definition) is 2. The maximum absolute atomic E-state index is 4.30. The maximum Gasteiger partial charge on any atom is 0.0703 e. The van der Waals surface area contributed by atoms with Crippen molar-refractivity contribution in [1.82, 2.24) is 10.3 Å². The molecule has 13 heavy (non-hydrogen) atoms. The Kier molecular flexibility index (Phi) is 3.63. The molecule has 0 saturated heterocycles. The van der Waals surface area contributed by atoms with Crippen molar-refractivity contribution in [2.24, 2.45) is 0 Å². The van der Waals surface area contributed by atoms with Crippen LogP contribution >= 0.6 is 15.9 Å². The van der Waals surface area contributed by atoms with Gasteiger partial charge in [0.15, 0.2) is 0 Å². The van der Waals surface area contributed by atoms with Gasteiger partial charge in [-0.25, -0.2) is 0 Å². The first-order valence-electron chi connectivity index (χ1n) is 4.09. The van der Waals surface area contributed by atoms with E-state index in [4.69, 9.17) is 0 Å². The molecule has 1 aromatic heterocycles. The molecular formula is C10H13BrN2. The minimum atomic E-state index is 0.146. The summed E-state index contributed by atoms with van der Waals surface area (Å²) in [5.41, 5.74) is 2.07. The van der Waals surface area contributed by atoms with Crippen LogP contribution in [0.25, 0.3) is 0 Å². The van der Waals surface area contributed by atoms with E-state index in [0.717, 1.165) is 15.7 Å². The normalized spacial score (nSPS) is 12.5. The molecule has 0 aliphatic heterocycles. The minimum Gasteiger partial charge on any atom is -0.308 e. The van der Waals surface area contributed by atoms with E-state index in [-0.39, 0.29) is 6.04 Å². The van der Waals surface area contributed by atoms with Crippen LogP contribution < -0.4 is 5.32 Å². The zero-order valence-corrected chi connectivity index (χ0v) is 9.43. The molecule has 0 amide bonds. The van der Waals surface area contributed by atoms with Gasteiger partial charge in [-0.2, -0.15) is 0 Å². The molecule has 1 heterocycles. The van der Waals surface area contributed by atoms with Gasteiger partial charge in [0.2, 0.25) is 0 Å². The van der Waals surface area contributed by atoms with E-state index >= 15 is 0 Å². The van der Waals surface area contributed by atoms with Gasteiger partial charge in [-0.05, 0) is 42.0 Å². The van der Waals surface area contributed by atoms with Crippen molar-refractivity contribution in [2.45, 2.75) is 13.0 Å². The Morgan fingerprint density at radius 3 is 2.69 bits per heavy atom. The fourth-order valence-corrected chi connectivity index (χ4v) is 1.44. The molecule has 2 nitrogen and oxygen atoms in total. The number of halogens is 1. The van der Waals surface area contributed by atoms with Crippen molar-refractivity contribution < 1.29 is 0 Å². The molecular weight excluding hydrogens is 228 g/mol. The SMILES string of the molecule is C=C(C)C(NC)c1ccc(Br)cn1. The number of pyridine rings is 1. The topological polar surface area (TPSA) is 24.9 Å². The molecule has 1 atom stereocenters. The summed E-state index contributed by atoms with van der Waals surface area (Å²) in [6.07, 6.45) is 1.79. The second kappa shape index (κ2) is 4.53. The summed E-state index contributed by atoms with van der Waals surface area (Å²) in [5.74, 6) is 0. The van der Waals surface area contributed by atoms with Crippen LogP contribution in [0.2, 0.25) is 0 Å². The van der Waals surface area contributed by atoms with Gasteiger partial charge in [-0.15, -0.1) is 0 Å². The highest BCUT2D eigenvalue weighted by Crippen LogP contribution is 2.18. The lowest BCUT2D eigenvalue weighted by Crippen LogP contribution is -2.18. The van der Waals surface area contributed by atoms with Gasteiger partial charge in [0.25, 0.3) is 0 Å². The third-order valence-electron chi connectivity index (χ3n) is 1.83. The lowest BCUT2D eigenvalue weighted by atomic mass is 10.1. The van der Waals surface area contributed by atoms with E-state index in [2.05, 4.69) is 32.8 Å². The van der Waals surface area contributed by atoms with E-state index in [0.29, 0.717) is 0 Å². The number of aromatic nitrogens is 1. The number of likely N-dealkylation sites (N-methyl/N-ethyl adjacent to an activating group) is 1. The van der Waals surface area contributed by atoms with Gasteiger partial charge in [0.1, 0.15) is 0 Å². The number of nitrogens with zero attached hydrogens (tertiary/aromatic N) is 1. The summed E-state index contributed by atoms with van der Waals surface area (Å²) in [5, 5.41) is 3.16. The van der Waals surface area contributed by atoms with Crippen molar-refractivity contribution in [2.75, 3.05) is 7.05 Å². The van der Waals surface area contributed by atoms with Crippen molar-refractivity contribution in [3.05, 3.63) is 40.6 Å². The zero-order chi connectivity index (χ0) is 9.84. The van der Waals surface area contributed by atoms with Crippen LogP contribution in [0.1, 0.15) is 18.7 Å². The standard InChI is InChI=1S/C10H13BrN2/c1-7(2)10(12-3)9-5-4-8(11)6-13-9/h4-6,10,12H,1H2,2-3H3. The Hall–Kier alpha value is -0.670. The van der Waals surface area contributed by atoms with Crippen LogP contribution in [0.5, 0.6) is 0 Å². The van der Waals surface area contributed by atoms with E-state index < -0.39 is 0 Å². The van der Waals surface area contributed by atoms with Crippen molar-refractivity contribution in [3.63, 3.8) is 0 Å². The van der Waals surface area contributed by atoms with E-state index in [9.17, 15) is 0 Å². The van der Waals surface area contributed by atoms with Gasteiger partial charge in [-0.1, -0.05) is 12.2 Å². The van der Waals surface area contributed by atoms with Crippen molar-refractivity contribution in [3.8, 4) is 0 Å². The summed E-state index contributed by atoms with van der Waals surface area (Å²) in [6, 6.07) is 4.11. The van der Waals surface area contributed by atoms with E-state index in [1.54, 1.807) is 6.20 Å². The Morgan fingerprint density at radius 2 is 2.31 bits per heavy atom. The van der Waals surface area contributed by atoms with Gasteiger partial charge in [0, 0.05) is 10.7 Å². The van der Waals surface area contributed by atoms with Crippen LogP contribution in [0.3, 0.4) is 0 Å². The summed E-state index contributed by atoms with van der Waals surface area (Å²) in [7, 11) is 1.91.